The molecule has 0 saturated carbocycles. The Bertz CT molecular complexity index is 183. The lowest BCUT2D eigenvalue weighted by atomic mass is 10.4. The maximum atomic E-state index is 10.2. The predicted molar refractivity (Wildman–Crippen MR) is 66.5 cm³/mol. The molecule has 0 aliphatic carbocycles. The SMILES string of the molecule is CCCCOC(=O)OC.CCCCOC(=O)OC. The third-order valence-corrected chi connectivity index (χ3v) is 1.77. The standard InChI is InChI=1S/2C6H12O3/c2*1-3-4-5-9-6(7)8-2/h2*3-5H2,1-2H3. The lowest BCUT2D eigenvalue weighted by molar-refractivity contribution is 0.0708. The maximum absolute atomic E-state index is 10.2. The van der Waals surface area contributed by atoms with E-state index in [1.165, 1.54) is 14.2 Å². The normalized spacial score (nSPS) is 8.67. The summed E-state index contributed by atoms with van der Waals surface area (Å²) in [6, 6.07) is 0. The van der Waals surface area contributed by atoms with Crippen LogP contribution in [0.4, 0.5) is 9.59 Å². The van der Waals surface area contributed by atoms with E-state index in [0.717, 1.165) is 25.7 Å². The van der Waals surface area contributed by atoms with Gasteiger partial charge in [0.25, 0.3) is 0 Å². The lowest BCUT2D eigenvalue weighted by Crippen LogP contribution is -2.04. The van der Waals surface area contributed by atoms with Crippen LogP contribution in [0.3, 0.4) is 0 Å². The van der Waals surface area contributed by atoms with Crippen LogP contribution in [0.25, 0.3) is 0 Å². The summed E-state index contributed by atoms with van der Waals surface area (Å²) in [7, 11) is 2.60. The fourth-order valence-electron chi connectivity index (χ4n) is 0.718. The first-order chi connectivity index (χ1) is 8.62. The zero-order valence-corrected chi connectivity index (χ0v) is 11.7. The molecule has 0 saturated heterocycles. The second-order valence-electron chi connectivity index (χ2n) is 3.31. The van der Waals surface area contributed by atoms with Crippen molar-refractivity contribution in [3.63, 3.8) is 0 Å². The molecule has 18 heavy (non-hydrogen) atoms. The van der Waals surface area contributed by atoms with Crippen molar-refractivity contribution in [2.45, 2.75) is 39.5 Å². The van der Waals surface area contributed by atoms with E-state index in [1.807, 2.05) is 13.8 Å². The largest absolute Gasteiger partial charge is 0.507 e. The highest BCUT2D eigenvalue weighted by molar-refractivity contribution is 5.59. The molecular weight excluding hydrogens is 240 g/mol. The molecular formula is C12H24O6. The van der Waals surface area contributed by atoms with Gasteiger partial charge in [0.1, 0.15) is 0 Å². The summed E-state index contributed by atoms with van der Waals surface area (Å²) in [6.07, 6.45) is 2.66. The molecule has 0 aliphatic heterocycles. The van der Waals surface area contributed by atoms with E-state index in [-0.39, 0.29) is 0 Å². The quantitative estimate of drug-likeness (QED) is 0.542. The van der Waals surface area contributed by atoms with Crippen LogP contribution in [-0.2, 0) is 18.9 Å². The maximum Gasteiger partial charge on any atom is 0.507 e. The van der Waals surface area contributed by atoms with Gasteiger partial charge in [-0.25, -0.2) is 9.59 Å². The average Bonchev–Trinajstić information content (AvgIpc) is 2.39. The monoisotopic (exact) mass is 264 g/mol. The molecule has 0 fully saturated rings. The van der Waals surface area contributed by atoms with Crippen molar-refractivity contribution in [2.75, 3.05) is 27.4 Å². The molecule has 0 radical (unpaired) electrons. The van der Waals surface area contributed by atoms with Crippen molar-refractivity contribution in [1.29, 1.82) is 0 Å². The third kappa shape index (κ3) is 17.0. The number of hydrogen-bond donors (Lipinski definition) is 0. The minimum atomic E-state index is -0.594. The summed E-state index contributed by atoms with van der Waals surface area (Å²) < 4.78 is 17.6. The Labute approximate surface area is 109 Å². The highest BCUT2D eigenvalue weighted by atomic mass is 16.7. The molecule has 0 bridgehead atoms. The van der Waals surface area contributed by atoms with E-state index in [9.17, 15) is 9.59 Å². The minimum Gasteiger partial charge on any atom is -0.438 e. The highest BCUT2D eigenvalue weighted by Gasteiger charge is 1.97. The van der Waals surface area contributed by atoms with Gasteiger partial charge in [0, 0.05) is 0 Å². The summed E-state index contributed by atoms with van der Waals surface area (Å²) in [5.41, 5.74) is 0. The minimum absolute atomic E-state index is 0.461. The Hall–Kier alpha value is -1.46. The second-order valence-corrected chi connectivity index (χ2v) is 3.31. The van der Waals surface area contributed by atoms with Crippen LogP contribution in [0, 0.1) is 0 Å². The Morgan fingerprint density at radius 3 is 1.33 bits per heavy atom. The molecule has 6 nitrogen and oxygen atoms in total. The van der Waals surface area contributed by atoms with Gasteiger partial charge in [-0.2, -0.15) is 0 Å². The third-order valence-electron chi connectivity index (χ3n) is 1.77. The van der Waals surface area contributed by atoms with Crippen LogP contribution in [0.2, 0.25) is 0 Å². The Morgan fingerprint density at radius 1 is 0.778 bits per heavy atom. The van der Waals surface area contributed by atoms with Crippen LogP contribution in [0.1, 0.15) is 39.5 Å². The molecule has 0 aromatic carbocycles. The van der Waals surface area contributed by atoms with Gasteiger partial charge in [-0.1, -0.05) is 26.7 Å². The van der Waals surface area contributed by atoms with Gasteiger partial charge in [0.15, 0.2) is 0 Å². The smallest absolute Gasteiger partial charge is 0.438 e. The first kappa shape index (κ1) is 18.9. The van der Waals surface area contributed by atoms with Crippen LogP contribution >= 0.6 is 0 Å². The Morgan fingerprint density at radius 2 is 1.11 bits per heavy atom. The Kier molecular flexibility index (Phi) is 16.3. The molecule has 0 amide bonds. The van der Waals surface area contributed by atoms with E-state index < -0.39 is 12.3 Å². The number of methoxy groups -OCH3 is 2. The summed E-state index contributed by atoms with van der Waals surface area (Å²) in [5.74, 6) is 0. The lowest BCUT2D eigenvalue weighted by Gasteiger charge is -1.99. The van der Waals surface area contributed by atoms with Gasteiger partial charge in [-0.3, -0.25) is 0 Å². The molecule has 0 aromatic rings. The summed E-state index contributed by atoms with van der Waals surface area (Å²) in [4.78, 5) is 20.5. The number of ether oxygens (including phenoxy) is 4. The molecule has 108 valence electrons. The van der Waals surface area contributed by atoms with E-state index in [0.29, 0.717) is 13.2 Å². The topological polar surface area (TPSA) is 71.1 Å². The van der Waals surface area contributed by atoms with Crippen molar-refractivity contribution < 1.29 is 28.5 Å². The number of carbonyl (C=O) groups excluding carboxylic acids is 2. The molecule has 0 heterocycles. The number of carbonyl (C=O) groups is 2. The van der Waals surface area contributed by atoms with Gasteiger partial charge >= 0.3 is 12.3 Å². The predicted octanol–water partition coefficient (Wildman–Crippen LogP) is 3.14. The fraction of sp³-hybridized carbons (Fsp3) is 0.833. The van der Waals surface area contributed by atoms with Crippen molar-refractivity contribution in [3.8, 4) is 0 Å². The van der Waals surface area contributed by atoms with E-state index in [2.05, 4.69) is 18.9 Å². The van der Waals surface area contributed by atoms with Gasteiger partial charge in [-0.05, 0) is 12.8 Å². The van der Waals surface area contributed by atoms with Crippen LogP contribution < -0.4 is 0 Å². The molecule has 6 heteroatoms. The summed E-state index contributed by atoms with van der Waals surface area (Å²) >= 11 is 0. The van der Waals surface area contributed by atoms with Gasteiger partial charge < -0.3 is 18.9 Å². The molecule has 0 rings (SSSR count). The molecule has 0 aliphatic rings. The molecule has 0 aromatic heterocycles. The molecule has 0 atom stereocenters. The Balaban J connectivity index is 0. The summed E-state index contributed by atoms with van der Waals surface area (Å²) in [5, 5.41) is 0. The molecule has 0 unspecified atom stereocenters. The van der Waals surface area contributed by atoms with E-state index in [1.54, 1.807) is 0 Å². The van der Waals surface area contributed by atoms with Crippen LogP contribution in [0.15, 0.2) is 0 Å². The number of hydrogen-bond acceptors (Lipinski definition) is 6. The fourth-order valence-corrected chi connectivity index (χ4v) is 0.718. The zero-order chi connectivity index (χ0) is 14.2. The van der Waals surface area contributed by atoms with Crippen molar-refractivity contribution >= 4 is 12.3 Å². The van der Waals surface area contributed by atoms with E-state index >= 15 is 0 Å². The van der Waals surface area contributed by atoms with Crippen LogP contribution in [0.5, 0.6) is 0 Å². The van der Waals surface area contributed by atoms with Gasteiger partial charge in [0.2, 0.25) is 0 Å². The van der Waals surface area contributed by atoms with E-state index in [4.69, 9.17) is 0 Å². The number of rotatable bonds is 6. The second kappa shape index (κ2) is 15.5. The van der Waals surface area contributed by atoms with Gasteiger partial charge in [-0.15, -0.1) is 0 Å². The average molecular weight is 264 g/mol. The first-order valence-corrected chi connectivity index (χ1v) is 6.03. The van der Waals surface area contributed by atoms with Gasteiger partial charge in [0.05, 0.1) is 27.4 Å². The first-order valence-electron chi connectivity index (χ1n) is 6.03. The molecule has 0 spiro atoms. The van der Waals surface area contributed by atoms with Crippen LogP contribution in [-0.4, -0.2) is 39.7 Å². The van der Waals surface area contributed by atoms with Crippen molar-refractivity contribution in [2.24, 2.45) is 0 Å². The van der Waals surface area contributed by atoms with Crippen molar-refractivity contribution in [1.82, 2.24) is 0 Å². The highest BCUT2D eigenvalue weighted by Crippen LogP contribution is 1.89. The summed E-state index contributed by atoms with van der Waals surface area (Å²) in [6.45, 7) is 4.98. The van der Waals surface area contributed by atoms with Crippen molar-refractivity contribution in [3.05, 3.63) is 0 Å². The molecule has 0 N–H and O–H groups in total. The number of unbranched alkanes of at least 4 members (excludes halogenated alkanes) is 2. The zero-order valence-electron chi connectivity index (χ0n) is 11.7.